The molecule has 0 spiro atoms. The van der Waals surface area contributed by atoms with Crippen LogP contribution in [0.3, 0.4) is 0 Å². The fourth-order valence-corrected chi connectivity index (χ4v) is 2.85. The van der Waals surface area contributed by atoms with E-state index in [4.69, 9.17) is 0 Å². The Morgan fingerprint density at radius 3 is 3.12 bits per heavy atom. The third-order valence-electron chi connectivity index (χ3n) is 3.09. The van der Waals surface area contributed by atoms with E-state index < -0.39 is 0 Å². The summed E-state index contributed by atoms with van der Waals surface area (Å²) in [4.78, 5) is 14.7. The lowest BCUT2D eigenvalue weighted by Gasteiger charge is -2.20. The number of rotatable bonds is 4. The minimum Gasteiger partial charge on any atom is -0.339 e. The molecule has 0 aromatic carbocycles. The zero-order chi connectivity index (χ0) is 12.3. The minimum absolute atomic E-state index is 0.0468. The van der Waals surface area contributed by atoms with E-state index in [0.717, 1.165) is 31.6 Å². The highest BCUT2D eigenvalue weighted by atomic mass is 32.1. The Morgan fingerprint density at radius 1 is 1.65 bits per heavy atom. The molecule has 17 heavy (non-hydrogen) atoms. The second kappa shape index (κ2) is 5.55. The predicted octanol–water partition coefficient (Wildman–Crippen LogP) is 0.924. The number of carbonyl (C=O) groups is 1. The summed E-state index contributed by atoms with van der Waals surface area (Å²) in [7, 11) is 1.85. The van der Waals surface area contributed by atoms with Crippen LogP contribution in [0.2, 0.25) is 0 Å². The van der Waals surface area contributed by atoms with Crippen molar-refractivity contribution in [3.8, 4) is 0 Å². The van der Waals surface area contributed by atoms with Crippen molar-refractivity contribution in [2.75, 3.05) is 20.1 Å². The first-order chi connectivity index (χ1) is 8.22. The van der Waals surface area contributed by atoms with Gasteiger partial charge in [0.05, 0.1) is 5.69 Å². The first kappa shape index (κ1) is 12.4. The third-order valence-corrected chi connectivity index (χ3v) is 3.84. The van der Waals surface area contributed by atoms with E-state index >= 15 is 0 Å². The van der Waals surface area contributed by atoms with Crippen LogP contribution in [0.4, 0.5) is 0 Å². The quantitative estimate of drug-likeness (QED) is 0.868. The maximum atomic E-state index is 12.2. The van der Waals surface area contributed by atoms with Crippen LogP contribution in [-0.4, -0.2) is 46.6 Å². The van der Waals surface area contributed by atoms with Crippen LogP contribution in [0.1, 0.15) is 35.1 Å². The zero-order valence-electron chi connectivity index (χ0n) is 10.3. The van der Waals surface area contributed by atoms with Crippen LogP contribution in [-0.2, 0) is 6.42 Å². The summed E-state index contributed by atoms with van der Waals surface area (Å²) in [6.45, 7) is 3.82. The molecule has 0 aliphatic carbocycles. The second-order valence-corrected chi connectivity index (χ2v) is 5.14. The Balaban J connectivity index is 1.98. The van der Waals surface area contributed by atoms with Crippen LogP contribution >= 0.6 is 11.5 Å². The molecule has 1 unspecified atom stereocenters. The van der Waals surface area contributed by atoms with Crippen molar-refractivity contribution >= 4 is 17.4 Å². The number of nitrogens with one attached hydrogen (secondary N) is 1. The molecular formula is C11H18N4OS. The lowest BCUT2D eigenvalue weighted by Crippen LogP contribution is -2.38. The van der Waals surface area contributed by atoms with Gasteiger partial charge in [-0.15, -0.1) is 5.10 Å². The van der Waals surface area contributed by atoms with Gasteiger partial charge in [0.15, 0.2) is 0 Å². The van der Waals surface area contributed by atoms with Crippen molar-refractivity contribution in [3.63, 3.8) is 0 Å². The van der Waals surface area contributed by atoms with Gasteiger partial charge in [0.1, 0.15) is 4.88 Å². The van der Waals surface area contributed by atoms with Crippen LogP contribution in [0.5, 0.6) is 0 Å². The van der Waals surface area contributed by atoms with Gasteiger partial charge >= 0.3 is 0 Å². The molecule has 0 radical (unpaired) electrons. The van der Waals surface area contributed by atoms with E-state index in [1.54, 1.807) is 4.90 Å². The molecule has 1 aliphatic rings. The Hall–Kier alpha value is -1.01. The summed E-state index contributed by atoms with van der Waals surface area (Å²) in [5.74, 6) is 0.0468. The maximum Gasteiger partial charge on any atom is 0.267 e. The smallest absolute Gasteiger partial charge is 0.267 e. The van der Waals surface area contributed by atoms with E-state index in [-0.39, 0.29) is 5.91 Å². The average molecular weight is 254 g/mol. The normalized spacial score (nSPS) is 19.5. The number of hydrogen-bond donors (Lipinski definition) is 1. The molecule has 1 N–H and O–H groups in total. The molecule has 1 fully saturated rings. The fraction of sp³-hybridized carbons (Fsp3) is 0.727. The van der Waals surface area contributed by atoms with Crippen molar-refractivity contribution in [1.29, 1.82) is 0 Å². The van der Waals surface area contributed by atoms with E-state index in [1.165, 1.54) is 18.0 Å². The van der Waals surface area contributed by atoms with E-state index in [9.17, 15) is 4.79 Å². The zero-order valence-corrected chi connectivity index (χ0v) is 11.1. The average Bonchev–Trinajstić information content (AvgIpc) is 2.97. The van der Waals surface area contributed by atoms with Crippen LogP contribution in [0.25, 0.3) is 0 Å². The molecular weight excluding hydrogens is 236 g/mol. The summed E-state index contributed by atoms with van der Waals surface area (Å²) < 4.78 is 3.86. The summed E-state index contributed by atoms with van der Waals surface area (Å²) in [6.07, 6.45) is 3.11. The van der Waals surface area contributed by atoms with Gasteiger partial charge in [-0.05, 0) is 37.3 Å². The molecule has 2 rings (SSSR count). The molecule has 5 nitrogen and oxygen atoms in total. The number of likely N-dealkylation sites (N-methyl/N-ethyl adjacent to an activating group) is 1. The molecule has 0 saturated carbocycles. The molecule has 1 saturated heterocycles. The van der Waals surface area contributed by atoms with Crippen molar-refractivity contribution < 1.29 is 4.79 Å². The van der Waals surface area contributed by atoms with Gasteiger partial charge < -0.3 is 10.2 Å². The highest BCUT2D eigenvalue weighted by Crippen LogP contribution is 2.15. The molecule has 1 amide bonds. The number of aryl methyl sites for hydroxylation is 1. The number of amides is 1. The van der Waals surface area contributed by atoms with Crippen LogP contribution in [0.15, 0.2) is 0 Å². The van der Waals surface area contributed by atoms with Gasteiger partial charge in [-0.2, -0.15) is 0 Å². The molecule has 2 heterocycles. The topological polar surface area (TPSA) is 58.1 Å². The molecule has 0 bridgehead atoms. The van der Waals surface area contributed by atoms with Gasteiger partial charge in [-0.25, -0.2) is 0 Å². The largest absolute Gasteiger partial charge is 0.339 e. The molecule has 1 aromatic rings. The monoisotopic (exact) mass is 254 g/mol. The first-order valence-corrected chi connectivity index (χ1v) is 6.79. The molecule has 1 aliphatic heterocycles. The van der Waals surface area contributed by atoms with Crippen LogP contribution in [0, 0.1) is 0 Å². The van der Waals surface area contributed by atoms with Crippen molar-refractivity contribution in [1.82, 2.24) is 19.8 Å². The van der Waals surface area contributed by atoms with Crippen molar-refractivity contribution in [3.05, 3.63) is 10.6 Å². The van der Waals surface area contributed by atoms with Crippen molar-refractivity contribution in [2.45, 2.75) is 32.2 Å². The summed E-state index contributed by atoms with van der Waals surface area (Å²) in [6, 6.07) is 0.440. The van der Waals surface area contributed by atoms with Gasteiger partial charge in [-0.1, -0.05) is 11.4 Å². The van der Waals surface area contributed by atoms with Gasteiger partial charge in [0.2, 0.25) is 0 Å². The van der Waals surface area contributed by atoms with Gasteiger partial charge in [-0.3, -0.25) is 4.79 Å². The standard InChI is InChI=1S/C11H18N4OS/c1-3-9-10(17-14-13-9)11(16)15(2)7-8-5-4-6-12-8/h8,12H,3-7H2,1-2H3. The number of aromatic nitrogens is 2. The Labute approximate surface area is 105 Å². The summed E-state index contributed by atoms with van der Waals surface area (Å²) in [5, 5.41) is 7.37. The fourth-order valence-electron chi connectivity index (χ4n) is 2.10. The molecule has 1 atom stereocenters. The lowest BCUT2D eigenvalue weighted by atomic mass is 10.2. The number of carbonyl (C=O) groups excluding carboxylic acids is 1. The van der Waals surface area contributed by atoms with Gasteiger partial charge in [0, 0.05) is 19.6 Å². The van der Waals surface area contributed by atoms with E-state index in [0.29, 0.717) is 10.9 Å². The number of hydrogen-bond acceptors (Lipinski definition) is 5. The third kappa shape index (κ3) is 2.81. The van der Waals surface area contributed by atoms with Crippen molar-refractivity contribution in [2.24, 2.45) is 0 Å². The first-order valence-electron chi connectivity index (χ1n) is 6.02. The maximum absolute atomic E-state index is 12.2. The summed E-state index contributed by atoms with van der Waals surface area (Å²) >= 11 is 1.20. The predicted molar refractivity (Wildman–Crippen MR) is 67.3 cm³/mol. The second-order valence-electron chi connectivity index (χ2n) is 4.38. The SMILES string of the molecule is CCc1nnsc1C(=O)N(C)CC1CCCN1. The van der Waals surface area contributed by atoms with Gasteiger partial charge in [0.25, 0.3) is 5.91 Å². The Morgan fingerprint density at radius 2 is 2.47 bits per heavy atom. The van der Waals surface area contributed by atoms with Crippen LogP contribution < -0.4 is 5.32 Å². The molecule has 6 heteroatoms. The minimum atomic E-state index is 0.0468. The highest BCUT2D eigenvalue weighted by Gasteiger charge is 2.22. The highest BCUT2D eigenvalue weighted by molar-refractivity contribution is 7.07. The summed E-state index contributed by atoms with van der Waals surface area (Å²) in [5.41, 5.74) is 0.811. The van der Waals surface area contributed by atoms with E-state index in [2.05, 4.69) is 14.9 Å². The number of nitrogens with zero attached hydrogens (tertiary/aromatic N) is 3. The Bertz CT molecular complexity index is 387. The Kier molecular flexibility index (Phi) is 4.06. The van der Waals surface area contributed by atoms with E-state index in [1.807, 2.05) is 14.0 Å². The lowest BCUT2D eigenvalue weighted by molar-refractivity contribution is 0.0787. The molecule has 94 valence electrons. The molecule has 1 aromatic heterocycles.